The van der Waals surface area contributed by atoms with Gasteiger partial charge < -0.3 is 19.1 Å². The van der Waals surface area contributed by atoms with Gasteiger partial charge in [-0.1, -0.05) is 6.07 Å². The minimum atomic E-state index is -0.881. The number of esters is 1. The molecule has 1 heterocycles. The number of benzene rings is 1. The van der Waals surface area contributed by atoms with Gasteiger partial charge in [0.15, 0.2) is 11.5 Å². The van der Waals surface area contributed by atoms with Crippen molar-refractivity contribution in [2.24, 2.45) is 0 Å². The number of piperidine rings is 1. The lowest BCUT2D eigenvalue weighted by Gasteiger charge is -2.30. The molecule has 1 aliphatic rings. The number of methoxy groups -OCH3 is 1. The Morgan fingerprint density at radius 2 is 1.96 bits per heavy atom. The molecule has 0 amide bonds. The second kappa shape index (κ2) is 7.97. The summed E-state index contributed by atoms with van der Waals surface area (Å²) in [5, 5.41) is 0. The van der Waals surface area contributed by atoms with E-state index in [-0.39, 0.29) is 18.3 Å². The summed E-state index contributed by atoms with van der Waals surface area (Å²) >= 11 is 0. The van der Waals surface area contributed by atoms with Crippen LogP contribution in [0, 0.1) is 0 Å². The maximum absolute atomic E-state index is 12.3. The van der Waals surface area contributed by atoms with E-state index in [9.17, 15) is 9.59 Å². The Labute approximate surface area is 136 Å². The number of carbonyl (C=O) groups excluding carboxylic acids is 2. The lowest BCUT2D eigenvalue weighted by molar-refractivity contribution is -0.137. The van der Waals surface area contributed by atoms with Gasteiger partial charge in [0.2, 0.25) is 0 Å². The molecular formula is C17H23NO5. The molecule has 126 valence electrons. The molecule has 0 atom stereocenters. The normalized spacial score (nSPS) is 16.0. The molecule has 0 aromatic heterocycles. The predicted molar refractivity (Wildman–Crippen MR) is 85.1 cm³/mol. The van der Waals surface area contributed by atoms with Gasteiger partial charge in [0.25, 0.3) is 5.78 Å². The smallest absolute Gasteiger partial charge is 0.379 e. The molecule has 1 fully saturated rings. The summed E-state index contributed by atoms with van der Waals surface area (Å²) in [5.41, 5.74) is 0.182. The zero-order chi connectivity index (χ0) is 16.8. The van der Waals surface area contributed by atoms with Crippen molar-refractivity contribution in [2.45, 2.75) is 25.9 Å². The molecule has 0 bridgehead atoms. The molecule has 0 radical (unpaired) electrons. The molecule has 0 aliphatic carbocycles. The van der Waals surface area contributed by atoms with Crippen molar-refractivity contribution in [3.8, 4) is 11.5 Å². The van der Waals surface area contributed by atoms with Crippen LogP contribution in [0.1, 0.15) is 30.1 Å². The van der Waals surface area contributed by atoms with Gasteiger partial charge in [-0.3, -0.25) is 4.79 Å². The Balaban J connectivity index is 2.25. The van der Waals surface area contributed by atoms with Gasteiger partial charge in [-0.05, 0) is 38.9 Å². The minimum absolute atomic E-state index is 0.00348. The highest BCUT2D eigenvalue weighted by atomic mass is 16.5. The molecule has 23 heavy (non-hydrogen) atoms. The molecule has 1 aromatic rings. The fourth-order valence-corrected chi connectivity index (χ4v) is 2.55. The van der Waals surface area contributed by atoms with Gasteiger partial charge in [-0.15, -0.1) is 0 Å². The molecule has 1 saturated heterocycles. The number of nitrogens with zero attached hydrogens (tertiary/aromatic N) is 1. The molecule has 0 saturated carbocycles. The quantitative estimate of drug-likeness (QED) is 0.453. The van der Waals surface area contributed by atoms with Crippen molar-refractivity contribution >= 4 is 11.8 Å². The second-order valence-electron chi connectivity index (χ2n) is 5.51. The summed E-state index contributed by atoms with van der Waals surface area (Å²) in [4.78, 5) is 26.3. The number of Topliss-reactive ketones (excluding diaryl/α,β-unsaturated/α-hetero) is 1. The Hall–Kier alpha value is -2.08. The number of rotatable bonds is 6. The van der Waals surface area contributed by atoms with Crippen molar-refractivity contribution in [3.63, 3.8) is 0 Å². The maximum atomic E-state index is 12.3. The Bertz CT molecular complexity index is 564. The Kier molecular flexibility index (Phi) is 5.98. The molecule has 1 aliphatic heterocycles. The van der Waals surface area contributed by atoms with Crippen molar-refractivity contribution in [1.29, 1.82) is 0 Å². The third-order valence-electron chi connectivity index (χ3n) is 3.85. The van der Waals surface area contributed by atoms with Crippen LogP contribution in [0.15, 0.2) is 18.2 Å². The van der Waals surface area contributed by atoms with Crippen LogP contribution in [0.4, 0.5) is 0 Å². The van der Waals surface area contributed by atoms with E-state index in [1.54, 1.807) is 25.1 Å². The fraction of sp³-hybridized carbons (Fsp3) is 0.529. The topological polar surface area (TPSA) is 65.1 Å². The van der Waals surface area contributed by atoms with E-state index in [2.05, 4.69) is 11.9 Å². The lowest BCUT2D eigenvalue weighted by Crippen LogP contribution is -2.36. The summed E-state index contributed by atoms with van der Waals surface area (Å²) in [7, 11) is 3.57. The fourth-order valence-electron chi connectivity index (χ4n) is 2.55. The van der Waals surface area contributed by atoms with E-state index in [0.29, 0.717) is 11.5 Å². The standard InChI is InChI=1S/C17H23NO5/c1-4-22-17(20)15(19)13-6-5-7-14(21-3)16(13)23-12-8-10-18(2)11-9-12/h5-7,12H,4,8-11H2,1-3H3. The van der Waals surface area contributed by atoms with E-state index in [1.807, 2.05) is 0 Å². The zero-order valence-electron chi connectivity index (χ0n) is 13.8. The van der Waals surface area contributed by atoms with Crippen LogP contribution in [0.25, 0.3) is 0 Å². The average Bonchev–Trinajstić information content (AvgIpc) is 2.56. The summed E-state index contributed by atoms with van der Waals surface area (Å²) in [5.74, 6) is -0.829. The maximum Gasteiger partial charge on any atom is 0.379 e. The van der Waals surface area contributed by atoms with E-state index >= 15 is 0 Å². The number of hydrogen-bond donors (Lipinski definition) is 0. The Morgan fingerprint density at radius 3 is 2.57 bits per heavy atom. The Morgan fingerprint density at radius 1 is 1.26 bits per heavy atom. The summed E-state index contributed by atoms with van der Waals surface area (Å²) in [6, 6.07) is 4.94. The first-order valence-electron chi connectivity index (χ1n) is 7.80. The second-order valence-corrected chi connectivity index (χ2v) is 5.51. The van der Waals surface area contributed by atoms with Gasteiger partial charge in [-0.25, -0.2) is 4.79 Å². The molecular weight excluding hydrogens is 298 g/mol. The monoisotopic (exact) mass is 321 g/mol. The third kappa shape index (κ3) is 4.22. The highest BCUT2D eigenvalue weighted by Crippen LogP contribution is 2.33. The first-order valence-corrected chi connectivity index (χ1v) is 7.80. The van der Waals surface area contributed by atoms with Crippen molar-refractivity contribution in [1.82, 2.24) is 4.90 Å². The molecule has 2 rings (SSSR count). The largest absolute Gasteiger partial charge is 0.493 e. The van der Waals surface area contributed by atoms with Crippen molar-refractivity contribution in [2.75, 3.05) is 33.9 Å². The highest BCUT2D eigenvalue weighted by Gasteiger charge is 2.27. The number of ketones is 1. The molecule has 0 N–H and O–H groups in total. The highest BCUT2D eigenvalue weighted by molar-refractivity contribution is 6.41. The van der Waals surface area contributed by atoms with Crippen LogP contribution in [-0.4, -0.2) is 56.6 Å². The summed E-state index contributed by atoms with van der Waals surface area (Å²) in [6.07, 6.45) is 1.72. The molecule has 6 heteroatoms. The van der Waals surface area contributed by atoms with Crippen LogP contribution in [0.2, 0.25) is 0 Å². The van der Waals surface area contributed by atoms with E-state index in [4.69, 9.17) is 14.2 Å². The first-order chi connectivity index (χ1) is 11.1. The van der Waals surface area contributed by atoms with Crippen molar-refractivity contribution in [3.05, 3.63) is 23.8 Å². The number of likely N-dealkylation sites (tertiary alicyclic amines) is 1. The average molecular weight is 321 g/mol. The predicted octanol–water partition coefficient (Wildman–Crippen LogP) is 1.91. The number of hydrogen-bond acceptors (Lipinski definition) is 6. The molecule has 0 spiro atoms. The van der Waals surface area contributed by atoms with Gasteiger partial charge in [0.05, 0.1) is 19.3 Å². The molecule has 6 nitrogen and oxygen atoms in total. The molecule has 1 aromatic carbocycles. The van der Waals surface area contributed by atoms with Crippen molar-refractivity contribution < 1.29 is 23.8 Å². The minimum Gasteiger partial charge on any atom is -0.493 e. The number of ether oxygens (including phenoxy) is 3. The van der Waals surface area contributed by atoms with E-state index in [1.165, 1.54) is 7.11 Å². The summed E-state index contributed by atoms with van der Waals surface area (Å²) in [6.45, 7) is 3.67. The van der Waals surface area contributed by atoms with Crippen LogP contribution >= 0.6 is 0 Å². The lowest BCUT2D eigenvalue weighted by atomic mass is 10.1. The van der Waals surface area contributed by atoms with Gasteiger partial charge in [-0.2, -0.15) is 0 Å². The van der Waals surface area contributed by atoms with Crippen LogP contribution in [0.5, 0.6) is 11.5 Å². The van der Waals surface area contributed by atoms with E-state index in [0.717, 1.165) is 25.9 Å². The van der Waals surface area contributed by atoms with Gasteiger partial charge in [0.1, 0.15) is 6.10 Å². The number of para-hydroxylation sites is 1. The van der Waals surface area contributed by atoms with Gasteiger partial charge in [0, 0.05) is 13.1 Å². The van der Waals surface area contributed by atoms with Crippen LogP contribution in [0.3, 0.4) is 0 Å². The van der Waals surface area contributed by atoms with E-state index < -0.39 is 11.8 Å². The van der Waals surface area contributed by atoms with Crippen LogP contribution < -0.4 is 9.47 Å². The number of carbonyl (C=O) groups is 2. The molecule has 0 unspecified atom stereocenters. The third-order valence-corrected chi connectivity index (χ3v) is 3.85. The first kappa shape index (κ1) is 17.3. The van der Waals surface area contributed by atoms with Gasteiger partial charge >= 0.3 is 5.97 Å². The summed E-state index contributed by atoms with van der Waals surface area (Å²) < 4.78 is 16.1. The van der Waals surface area contributed by atoms with Crippen LogP contribution in [-0.2, 0) is 9.53 Å². The zero-order valence-corrected chi connectivity index (χ0v) is 13.8. The SMILES string of the molecule is CCOC(=O)C(=O)c1cccc(OC)c1OC1CCN(C)CC1.